The average molecular weight is 463 g/mol. The molecule has 31 heavy (non-hydrogen) atoms. The van der Waals surface area contributed by atoms with Crippen molar-refractivity contribution in [3.05, 3.63) is 127 Å². The third-order valence-corrected chi connectivity index (χ3v) is 8.35. The largest absolute Gasteiger partial charge is 0.0714 e. The lowest BCUT2D eigenvalue weighted by Crippen LogP contribution is -2.30. The Morgan fingerprint density at radius 2 is 1.13 bits per heavy atom. The molecule has 7 rings (SSSR count). The highest BCUT2D eigenvalue weighted by Crippen LogP contribution is 2.57. The Morgan fingerprint density at radius 3 is 1.68 bits per heavy atom. The smallest absolute Gasteiger partial charge is 0.0587 e. The summed E-state index contributed by atoms with van der Waals surface area (Å²) in [5.74, 6) is 0. The predicted octanol–water partition coefficient (Wildman–Crippen LogP) is 7.32. The van der Waals surface area contributed by atoms with E-state index in [-0.39, 0.29) is 5.41 Å². The van der Waals surface area contributed by atoms with Crippen molar-refractivity contribution in [2.24, 2.45) is 0 Å². The first-order chi connectivity index (χ1) is 15.1. The topological polar surface area (TPSA) is 0 Å². The third kappa shape index (κ3) is 2.31. The van der Waals surface area contributed by atoms with Gasteiger partial charge in [0, 0.05) is 4.47 Å². The Bertz CT molecular complexity index is 1300. The van der Waals surface area contributed by atoms with Crippen LogP contribution in [0.25, 0.3) is 11.1 Å². The molecular weight excluding hydrogens is 440 g/mol. The van der Waals surface area contributed by atoms with Crippen LogP contribution in [0.3, 0.4) is 0 Å². The van der Waals surface area contributed by atoms with Gasteiger partial charge in [0.25, 0.3) is 0 Å². The van der Waals surface area contributed by atoms with Crippen molar-refractivity contribution in [2.75, 3.05) is 0 Å². The van der Waals surface area contributed by atoms with Crippen LogP contribution in [0, 0.1) is 6.92 Å². The summed E-state index contributed by atoms with van der Waals surface area (Å²) in [6, 6.07) is 28.4. The van der Waals surface area contributed by atoms with Gasteiger partial charge in [0.2, 0.25) is 0 Å². The van der Waals surface area contributed by atoms with Crippen LogP contribution in [0.4, 0.5) is 0 Å². The zero-order chi connectivity index (χ0) is 20.7. The quantitative estimate of drug-likeness (QED) is 0.257. The summed E-state index contributed by atoms with van der Waals surface area (Å²) < 4.78 is 1.15. The fraction of sp³-hybridized carbons (Fsp3) is 0.200. The zero-order valence-corrected chi connectivity index (χ0v) is 19.2. The number of aryl methyl sites for hydroxylation is 5. The van der Waals surface area contributed by atoms with E-state index >= 15 is 0 Å². The van der Waals surface area contributed by atoms with Gasteiger partial charge in [-0.25, -0.2) is 0 Å². The molecule has 0 nitrogen and oxygen atoms in total. The SMILES string of the molecule is Cc1ccc2c(c1)C(c1ccc3c(c1)CC3)(c1ccc3c(c1)CC3)c1cc(Br)ccc1-2. The van der Waals surface area contributed by atoms with Gasteiger partial charge < -0.3 is 0 Å². The first kappa shape index (κ1) is 18.0. The maximum absolute atomic E-state index is 3.80. The molecule has 150 valence electrons. The summed E-state index contributed by atoms with van der Waals surface area (Å²) in [5.41, 5.74) is 15.5. The first-order valence-corrected chi connectivity index (χ1v) is 12.1. The van der Waals surface area contributed by atoms with Crippen molar-refractivity contribution < 1.29 is 0 Å². The second kappa shape index (κ2) is 6.20. The molecule has 0 aromatic heterocycles. The maximum Gasteiger partial charge on any atom is 0.0714 e. The zero-order valence-electron chi connectivity index (χ0n) is 17.6. The van der Waals surface area contributed by atoms with Crippen LogP contribution in [0.5, 0.6) is 0 Å². The highest BCUT2D eigenvalue weighted by Gasteiger charge is 2.47. The monoisotopic (exact) mass is 462 g/mol. The molecule has 0 heterocycles. The Kier molecular flexibility index (Phi) is 3.60. The number of fused-ring (bicyclic) bond motifs is 5. The molecule has 0 N–H and O–H groups in total. The number of benzene rings is 4. The van der Waals surface area contributed by atoms with Crippen LogP contribution in [0.15, 0.2) is 77.3 Å². The second-order valence-electron chi connectivity index (χ2n) is 9.46. The molecule has 0 saturated carbocycles. The van der Waals surface area contributed by atoms with Crippen LogP contribution >= 0.6 is 15.9 Å². The number of hydrogen-bond donors (Lipinski definition) is 0. The van der Waals surface area contributed by atoms with Crippen LogP contribution in [-0.4, -0.2) is 0 Å². The van der Waals surface area contributed by atoms with Gasteiger partial charge in [-0.15, -0.1) is 0 Å². The van der Waals surface area contributed by atoms with Crippen molar-refractivity contribution in [1.82, 2.24) is 0 Å². The van der Waals surface area contributed by atoms with Gasteiger partial charge in [-0.05, 0) is 100 Å². The fourth-order valence-corrected chi connectivity index (χ4v) is 6.42. The average Bonchev–Trinajstić information content (AvgIpc) is 2.99. The number of hydrogen-bond acceptors (Lipinski definition) is 0. The van der Waals surface area contributed by atoms with E-state index in [1.807, 2.05) is 0 Å². The standard InChI is InChI=1S/C30H23Br/c1-18-2-12-26-27-13-11-25(31)17-29(27)30(28(26)14-18,23-9-7-19-3-5-21(19)15-23)24-10-8-20-4-6-22(20)16-24/h2,7-17H,3-6H2,1H3. The van der Waals surface area contributed by atoms with E-state index in [0.29, 0.717) is 0 Å². The third-order valence-electron chi connectivity index (χ3n) is 7.86. The van der Waals surface area contributed by atoms with Gasteiger partial charge in [0.05, 0.1) is 5.41 Å². The van der Waals surface area contributed by atoms with Crippen LogP contribution in [-0.2, 0) is 31.1 Å². The summed E-state index contributed by atoms with van der Waals surface area (Å²) in [5, 5.41) is 0. The minimum atomic E-state index is -0.268. The first-order valence-electron chi connectivity index (χ1n) is 11.3. The summed E-state index contributed by atoms with van der Waals surface area (Å²) in [7, 11) is 0. The van der Waals surface area contributed by atoms with Crippen molar-refractivity contribution >= 4 is 15.9 Å². The molecule has 1 heteroatoms. The van der Waals surface area contributed by atoms with Crippen molar-refractivity contribution in [3.8, 4) is 11.1 Å². The minimum Gasteiger partial charge on any atom is -0.0587 e. The molecule has 0 unspecified atom stereocenters. The lowest BCUT2D eigenvalue weighted by molar-refractivity contribution is 0.739. The lowest BCUT2D eigenvalue weighted by atomic mass is 9.65. The van der Waals surface area contributed by atoms with E-state index in [1.54, 1.807) is 0 Å². The van der Waals surface area contributed by atoms with Crippen LogP contribution in [0.1, 0.15) is 50.1 Å². The molecule has 0 fully saturated rings. The molecule has 4 aromatic rings. The molecule has 0 bridgehead atoms. The molecular formula is C30H23Br. The van der Waals surface area contributed by atoms with E-state index in [4.69, 9.17) is 0 Å². The van der Waals surface area contributed by atoms with Gasteiger partial charge >= 0.3 is 0 Å². The second-order valence-corrected chi connectivity index (χ2v) is 10.4. The summed E-state index contributed by atoms with van der Waals surface area (Å²) in [4.78, 5) is 0. The number of rotatable bonds is 2. The molecule has 3 aliphatic carbocycles. The number of halogens is 1. The minimum absolute atomic E-state index is 0.268. The molecule has 3 aliphatic rings. The molecule has 0 atom stereocenters. The molecule has 0 spiro atoms. The predicted molar refractivity (Wildman–Crippen MR) is 131 cm³/mol. The Hall–Kier alpha value is -2.64. The van der Waals surface area contributed by atoms with Crippen LogP contribution in [0.2, 0.25) is 0 Å². The van der Waals surface area contributed by atoms with Gasteiger partial charge in [-0.3, -0.25) is 0 Å². The Morgan fingerprint density at radius 1 is 0.581 bits per heavy atom. The maximum atomic E-state index is 3.80. The normalized spacial score (nSPS) is 16.5. The summed E-state index contributed by atoms with van der Waals surface area (Å²) >= 11 is 3.80. The fourth-order valence-electron chi connectivity index (χ4n) is 6.06. The summed E-state index contributed by atoms with van der Waals surface area (Å²) in [6.45, 7) is 2.22. The van der Waals surface area contributed by atoms with Crippen LogP contribution < -0.4 is 0 Å². The summed E-state index contributed by atoms with van der Waals surface area (Å²) in [6.07, 6.45) is 4.85. The highest BCUT2D eigenvalue weighted by molar-refractivity contribution is 9.10. The Balaban J connectivity index is 1.65. The van der Waals surface area contributed by atoms with Gasteiger partial charge in [0.15, 0.2) is 0 Å². The molecule has 0 amide bonds. The molecule has 0 saturated heterocycles. The molecule has 0 aliphatic heterocycles. The lowest BCUT2D eigenvalue weighted by Gasteiger charge is -2.37. The van der Waals surface area contributed by atoms with E-state index in [9.17, 15) is 0 Å². The van der Waals surface area contributed by atoms with Gasteiger partial charge in [-0.1, -0.05) is 82.2 Å². The molecule has 0 radical (unpaired) electrons. The van der Waals surface area contributed by atoms with E-state index in [1.165, 1.54) is 86.9 Å². The van der Waals surface area contributed by atoms with Gasteiger partial charge in [0.1, 0.15) is 0 Å². The van der Waals surface area contributed by atoms with Crippen molar-refractivity contribution in [3.63, 3.8) is 0 Å². The van der Waals surface area contributed by atoms with Crippen molar-refractivity contribution in [1.29, 1.82) is 0 Å². The van der Waals surface area contributed by atoms with Gasteiger partial charge in [-0.2, -0.15) is 0 Å². The highest BCUT2D eigenvalue weighted by atomic mass is 79.9. The Labute approximate surface area is 192 Å². The van der Waals surface area contributed by atoms with E-state index < -0.39 is 0 Å². The molecule has 4 aromatic carbocycles. The van der Waals surface area contributed by atoms with E-state index in [0.717, 1.165) is 4.47 Å². The van der Waals surface area contributed by atoms with E-state index in [2.05, 4.69) is 95.7 Å². The van der Waals surface area contributed by atoms with Crippen molar-refractivity contribution in [2.45, 2.75) is 38.0 Å².